The summed E-state index contributed by atoms with van der Waals surface area (Å²) in [5.74, 6) is 0. The molecule has 0 saturated heterocycles. The van der Waals surface area contributed by atoms with Crippen molar-refractivity contribution in [3.05, 3.63) is 30.6 Å². The average Bonchev–Trinajstić information content (AvgIpc) is 2.49. The summed E-state index contributed by atoms with van der Waals surface area (Å²) in [6.45, 7) is 3.66. The van der Waals surface area contributed by atoms with E-state index in [0.29, 0.717) is 6.54 Å². The van der Waals surface area contributed by atoms with Gasteiger partial charge in [-0.25, -0.2) is 0 Å². The zero-order valence-corrected chi connectivity index (χ0v) is 9.85. The van der Waals surface area contributed by atoms with Gasteiger partial charge in [-0.05, 0) is 12.2 Å². The van der Waals surface area contributed by atoms with Crippen molar-refractivity contribution in [1.82, 2.24) is 4.90 Å². The highest BCUT2D eigenvalue weighted by Gasteiger charge is 2.27. The van der Waals surface area contributed by atoms with Crippen LogP contribution in [-0.2, 0) is 0 Å². The van der Waals surface area contributed by atoms with Gasteiger partial charge in [0, 0.05) is 37.0 Å². The maximum Gasteiger partial charge on any atom is 0.230 e. The van der Waals surface area contributed by atoms with Gasteiger partial charge in [-0.15, -0.1) is 0 Å². The lowest BCUT2D eigenvalue weighted by molar-refractivity contribution is 0.293. The molecule has 0 aromatic heterocycles. The third-order valence-corrected chi connectivity index (χ3v) is 2.95. The predicted octanol–water partition coefficient (Wildman–Crippen LogP) is 1.13. The molecule has 0 bridgehead atoms. The molecular formula is C13H13N5. The van der Waals surface area contributed by atoms with Gasteiger partial charge in [0.25, 0.3) is 0 Å². The topological polar surface area (TPSA) is 52.7 Å². The van der Waals surface area contributed by atoms with Crippen molar-refractivity contribution in [1.29, 1.82) is 0 Å². The summed E-state index contributed by atoms with van der Waals surface area (Å²) in [7, 11) is 0. The first-order valence-electron chi connectivity index (χ1n) is 5.93. The van der Waals surface area contributed by atoms with Crippen LogP contribution in [0.5, 0.6) is 0 Å². The van der Waals surface area contributed by atoms with Crippen molar-refractivity contribution < 1.29 is 0 Å². The summed E-state index contributed by atoms with van der Waals surface area (Å²) in [5, 5.41) is 0. The molecule has 2 unspecified atom stereocenters. The monoisotopic (exact) mass is 239 g/mol. The highest BCUT2D eigenvalue weighted by atomic mass is 15.3. The van der Waals surface area contributed by atoms with E-state index in [9.17, 15) is 0 Å². The lowest BCUT2D eigenvalue weighted by Crippen LogP contribution is -2.38. The van der Waals surface area contributed by atoms with E-state index in [1.807, 2.05) is 23.3 Å². The highest BCUT2D eigenvalue weighted by Crippen LogP contribution is 2.24. The maximum absolute atomic E-state index is 4.44. The zero-order valence-electron chi connectivity index (χ0n) is 9.85. The molecular weight excluding hydrogens is 226 g/mol. The van der Waals surface area contributed by atoms with E-state index in [4.69, 9.17) is 0 Å². The molecule has 0 aromatic rings. The first kappa shape index (κ1) is 11.1. The third-order valence-electron chi connectivity index (χ3n) is 2.95. The fourth-order valence-corrected chi connectivity index (χ4v) is 2.07. The SMILES string of the molecule is [C]1N=CC=C(C2CN=CC=N2)N1C1CC=CC=N1. The molecule has 3 rings (SSSR count). The molecule has 90 valence electrons. The summed E-state index contributed by atoms with van der Waals surface area (Å²) in [6, 6.07) is 0.0374. The number of dihydropyridines is 1. The number of nitrogens with zero attached hydrogens (tertiary/aromatic N) is 5. The summed E-state index contributed by atoms with van der Waals surface area (Å²) in [4.78, 5) is 19.2. The smallest absolute Gasteiger partial charge is 0.230 e. The van der Waals surface area contributed by atoms with Crippen LogP contribution < -0.4 is 0 Å². The molecule has 0 N–H and O–H groups in total. The van der Waals surface area contributed by atoms with E-state index in [-0.39, 0.29) is 12.2 Å². The van der Waals surface area contributed by atoms with E-state index in [1.165, 1.54) is 0 Å². The van der Waals surface area contributed by atoms with E-state index in [2.05, 4.69) is 32.7 Å². The largest absolute Gasteiger partial charge is 0.319 e. The summed E-state index contributed by atoms with van der Waals surface area (Å²) in [5.41, 5.74) is 1.05. The minimum Gasteiger partial charge on any atom is -0.319 e. The molecule has 0 fully saturated rings. The molecule has 2 atom stereocenters. The van der Waals surface area contributed by atoms with Crippen molar-refractivity contribution in [2.75, 3.05) is 6.54 Å². The molecule has 5 nitrogen and oxygen atoms in total. The van der Waals surface area contributed by atoms with E-state index in [1.54, 1.807) is 18.6 Å². The molecule has 3 aliphatic rings. The normalized spacial score (nSPS) is 29.8. The van der Waals surface area contributed by atoms with Crippen LogP contribution in [0.15, 0.2) is 43.9 Å². The van der Waals surface area contributed by atoms with Crippen LogP contribution in [-0.4, -0.2) is 48.5 Å². The van der Waals surface area contributed by atoms with Gasteiger partial charge in [-0.1, -0.05) is 6.08 Å². The van der Waals surface area contributed by atoms with Gasteiger partial charge in [0.1, 0.15) is 12.2 Å². The molecule has 0 aliphatic carbocycles. The molecule has 0 spiro atoms. The summed E-state index contributed by atoms with van der Waals surface area (Å²) in [6.07, 6.45) is 13.9. The van der Waals surface area contributed by atoms with E-state index in [0.717, 1.165) is 12.1 Å². The van der Waals surface area contributed by atoms with Gasteiger partial charge in [0.15, 0.2) is 0 Å². The van der Waals surface area contributed by atoms with E-state index >= 15 is 0 Å². The van der Waals surface area contributed by atoms with Crippen molar-refractivity contribution in [3.63, 3.8) is 0 Å². The zero-order chi connectivity index (χ0) is 12.2. The third kappa shape index (κ3) is 2.16. The van der Waals surface area contributed by atoms with Gasteiger partial charge in [-0.2, -0.15) is 0 Å². The highest BCUT2D eigenvalue weighted by molar-refractivity contribution is 6.16. The van der Waals surface area contributed by atoms with Crippen LogP contribution in [0.1, 0.15) is 6.42 Å². The second-order valence-electron chi connectivity index (χ2n) is 4.11. The molecule has 5 heteroatoms. The fourth-order valence-electron chi connectivity index (χ4n) is 2.07. The standard InChI is InChI=1S/C13H13N5/c1-2-5-17-13(3-1)18-10-15-6-4-12(18)11-9-14-7-8-16-11/h1-2,4-8,11,13H,3,9H2. The lowest BCUT2D eigenvalue weighted by Gasteiger charge is -2.34. The average molecular weight is 239 g/mol. The Morgan fingerprint density at radius 2 is 2.17 bits per heavy atom. The Bertz CT molecular complexity index is 484. The molecule has 0 saturated carbocycles. The van der Waals surface area contributed by atoms with Crippen molar-refractivity contribution in [2.45, 2.75) is 18.6 Å². The molecule has 2 radical (unpaired) electrons. The van der Waals surface area contributed by atoms with Crippen LogP contribution >= 0.6 is 0 Å². The van der Waals surface area contributed by atoms with Crippen LogP contribution in [0, 0.1) is 6.67 Å². The first-order valence-corrected chi connectivity index (χ1v) is 5.93. The van der Waals surface area contributed by atoms with Crippen molar-refractivity contribution in [2.24, 2.45) is 20.0 Å². The number of allylic oxidation sites excluding steroid dienone is 2. The predicted molar refractivity (Wildman–Crippen MR) is 73.3 cm³/mol. The Labute approximate surface area is 106 Å². The van der Waals surface area contributed by atoms with Crippen LogP contribution in [0.2, 0.25) is 0 Å². The number of hydrogen-bond donors (Lipinski definition) is 0. The van der Waals surface area contributed by atoms with Gasteiger partial charge in [0.2, 0.25) is 6.67 Å². The molecule has 0 amide bonds. The van der Waals surface area contributed by atoms with Crippen molar-refractivity contribution >= 4 is 24.9 Å². The van der Waals surface area contributed by atoms with Crippen LogP contribution in [0.3, 0.4) is 0 Å². The van der Waals surface area contributed by atoms with Crippen molar-refractivity contribution in [3.8, 4) is 0 Å². The van der Waals surface area contributed by atoms with E-state index < -0.39 is 0 Å². The Hall–Kier alpha value is -2.04. The van der Waals surface area contributed by atoms with Gasteiger partial charge in [-0.3, -0.25) is 20.0 Å². The number of aliphatic imine (C=N–C) groups is 4. The Morgan fingerprint density at radius 3 is 2.94 bits per heavy atom. The minimum atomic E-state index is 0.0276. The fraction of sp³-hybridized carbons (Fsp3) is 0.308. The van der Waals surface area contributed by atoms with Gasteiger partial charge < -0.3 is 4.90 Å². The molecule has 3 aliphatic heterocycles. The minimum absolute atomic E-state index is 0.0276. The maximum atomic E-state index is 4.44. The second-order valence-corrected chi connectivity index (χ2v) is 4.11. The number of rotatable bonds is 2. The summed E-state index contributed by atoms with van der Waals surface area (Å²) < 4.78 is 0. The van der Waals surface area contributed by atoms with Crippen LogP contribution in [0.25, 0.3) is 0 Å². The van der Waals surface area contributed by atoms with Crippen LogP contribution in [0.4, 0.5) is 0 Å². The number of hydrogen-bond acceptors (Lipinski definition) is 5. The Balaban J connectivity index is 1.81. The molecule has 3 heterocycles. The Kier molecular flexibility index (Phi) is 3.12. The molecule has 0 aromatic carbocycles. The first-order chi connectivity index (χ1) is 8.95. The lowest BCUT2D eigenvalue weighted by atomic mass is 10.1. The molecule has 18 heavy (non-hydrogen) atoms. The quantitative estimate of drug-likeness (QED) is 0.712. The second kappa shape index (κ2) is 5.08. The van der Waals surface area contributed by atoms with Gasteiger partial charge in [0.05, 0.1) is 6.54 Å². The summed E-state index contributed by atoms with van der Waals surface area (Å²) >= 11 is 0. The van der Waals surface area contributed by atoms with Gasteiger partial charge >= 0.3 is 0 Å². The Morgan fingerprint density at radius 1 is 1.17 bits per heavy atom.